The molecule has 2 rings (SSSR count). The van der Waals surface area contributed by atoms with E-state index in [2.05, 4.69) is 4.98 Å². The second-order valence-corrected chi connectivity index (χ2v) is 4.71. The van der Waals surface area contributed by atoms with E-state index in [1.54, 1.807) is 12.4 Å². The molecule has 0 spiro atoms. The molecule has 1 atom stereocenters. The minimum absolute atomic E-state index is 0.0517. The normalized spacial score (nSPS) is 11.2. The number of nitrogen functional groups attached to an aromatic ring is 1. The molecule has 0 bridgehead atoms. The number of rotatable bonds is 5. The third-order valence-electron chi connectivity index (χ3n) is 2.79. The molecule has 0 aliphatic rings. The molecule has 0 amide bonds. The molecule has 0 aliphatic carbocycles. The highest BCUT2D eigenvalue weighted by Gasteiger charge is 2.05. The number of benzene rings is 1. The molecule has 2 aromatic rings. The van der Waals surface area contributed by atoms with E-state index < -0.39 is 0 Å². The first-order chi connectivity index (χ1) is 10.1. The first-order valence-electron chi connectivity index (χ1n) is 7.28. The number of nitrogens with two attached hydrogens (primary N) is 2. The third-order valence-corrected chi connectivity index (χ3v) is 2.79. The van der Waals surface area contributed by atoms with Crippen molar-refractivity contribution >= 4 is 5.69 Å². The van der Waals surface area contributed by atoms with Gasteiger partial charge in [-0.2, -0.15) is 0 Å². The summed E-state index contributed by atoms with van der Waals surface area (Å²) in [5.41, 5.74) is 14.7. The molecule has 21 heavy (non-hydrogen) atoms. The summed E-state index contributed by atoms with van der Waals surface area (Å²) in [6.07, 6.45) is 4.25. The third kappa shape index (κ3) is 6.27. The van der Waals surface area contributed by atoms with Crippen molar-refractivity contribution < 1.29 is 4.74 Å². The van der Waals surface area contributed by atoms with Gasteiger partial charge in [-0.1, -0.05) is 26.0 Å². The number of nitrogens with zero attached hydrogens (tertiary/aromatic N) is 1. The molecule has 0 radical (unpaired) electrons. The quantitative estimate of drug-likeness (QED) is 0.829. The van der Waals surface area contributed by atoms with Crippen LogP contribution < -0.4 is 16.2 Å². The molecule has 4 N–H and O–H groups in total. The maximum atomic E-state index is 6.05. The van der Waals surface area contributed by atoms with Crippen LogP contribution in [-0.2, 0) is 6.42 Å². The fraction of sp³-hybridized carbons (Fsp3) is 0.353. The van der Waals surface area contributed by atoms with Gasteiger partial charge in [-0.15, -0.1) is 0 Å². The van der Waals surface area contributed by atoms with E-state index in [4.69, 9.17) is 16.2 Å². The van der Waals surface area contributed by atoms with Crippen molar-refractivity contribution in [3.8, 4) is 5.75 Å². The van der Waals surface area contributed by atoms with Gasteiger partial charge in [0.2, 0.25) is 0 Å². The SMILES string of the molecule is CC.Cc1cncc(OCC(N)Cc2ccc(N)cc2)c1. The Morgan fingerprint density at radius 1 is 1.14 bits per heavy atom. The molecule has 114 valence electrons. The average Bonchev–Trinajstić information content (AvgIpc) is 2.50. The minimum Gasteiger partial charge on any atom is -0.490 e. The van der Waals surface area contributed by atoms with E-state index in [0.29, 0.717) is 6.61 Å². The van der Waals surface area contributed by atoms with Gasteiger partial charge in [0, 0.05) is 17.9 Å². The van der Waals surface area contributed by atoms with E-state index >= 15 is 0 Å². The number of ether oxygens (including phenoxy) is 1. The highest BCUT2D eigenvalue weighted by molar-refractivity contribution is 5.39. The Hall–Kier alpha value is -2.07. The highest BCUT2D eigenvalue weighted by atomic mass is 16.5. The fourth-order valence-corrected chi connectivity index (χ4v) is 1.82. The Morgan fingerprint density at radius 2 is 1.81 bits per heavy atom. The summed E-state index contributed by atoms with van der Waals surface area (Å²) in [6.45, 7) is 6.45. The van der Waals surface area contributed by atoms with Gasteiger partial charge >= 0.3 is 0 Å². The standard InChI is InChI=1S/C15H19N3O.C2H6/c1-11-6-15(9-18-8-11)19-10-14(17)7-12-2-4-13(16)5-3-12;1-2/h2-6,8-9,14H,7,10,16-17H2,1H3;1-2H3. The van der Waals surface area contributed by atoms with Crippen LogP contribution in [0.2, 0.25) is 0 Å². The largest absolute Gasteiger partial charge is 0.490 e. The molecule has 1 heterocycles. The molecule has 4 heteroatoms. The molecule has 4 nitrogen and oxygen atoms in total. The number of hydrogen-bond donors (Lipinski definition) is 2. The first kappa shape index (κ1) is 17.0. The maximum Gasteiger partial charge on any atom is 0.137 e. The van der Waals surface area contributed by atoms with E-state index in [-0.39, 0.29) is 6.04 Å². The summed E-state index contributed by atoms with van der Waals surface area (Å²) in [7, 11) is 0. The van der Waals surface area contributed by atoms with Crippen LogP contribution in [0.3, 0.4) is 0 Å². The molecule has 0 saturated carbocycles. The van der Waals surface area contributed by atoms with Crippen LogP contribution in [0.1, 0.15) is 25.0 Å². The predicted octanol–water partition coefficient (Wildman–Crippen LogP) is 2.95. The van der Waals surface area contributed by atoms with Crippen LogP contribution in [0.25, 0.3) is 0 Å². The van der Waals surface area contributed by atoms with Crippen LogP contribution in [0.15, 0.2) is 42.7 Å². The van der Waals surface area contributed by atoms with Crippen molar-refractivity contribution in [3.63, 3.8) is 0 Å². The Kier molecular flexibility index (Phi) is 7.26. The van der Waals surface area contributed by atoms with Crippen molar-refractivity contribution in [1.29, 1.82) is 0 Å². The molecular weight excluding hydrogens is 262 g/mol. The molecule has 1 aromatic carbocycles. The number of anilines is 1. The Balaban J connectivity index is 0.00000106. The van der Waals surface area contributed by atoms with Gasteiger partial charge in [-0.05, 0) is 42.7 Å². The van der Waals surface area contributed by atoms with E-state index in [0.717, 1.165) is 29.0 Å². The summed E-state index contributed by atoms with van der Waals surface area (Å²) in [5.74, 6) is 0.757. The van der Waals surface area contributed by atoms with Crippen LogP contribution in [-0.4, -0.2) is 17.6 Å². The van der Waals surface area contributed by atoms with Gasteiger partial charge in [0.1, 0.15) is 12.4 Å². The summed E-state index contributed by atoms with van der Waals surface area (Å²) >= 11 is 0. The monoisotopic (exact) mass is 287 g/mol. The molecular formula is C17H25N3O. The van der Waals surface area contributed by atoms with Crippen molar-refractivity contribution in [1.82, 2.24) is 4.98 Å². The van der Waals surface area contributed by atoms with Crippen molar-refractivity contribution in [3.05, 3.63) is 53.9 Å². The second-order valence-electron chi connectivity index (χ2n) is 4.71. The van der Waals surface area contributed by atoms with Crippen LogP contribution in [0.4, 0.5) is 5.69 Å². The summed E-state index contributed by atoms with van der Waals surface area (Å²) in [4.78, 5) is 4.08. The first-order valence-corrected chi connectivity index (χ1v) is 7.28. The Labute approximate surface area is 127 Å². The van der Waals surface area contributed by atoms with E-state index in [9.17, 15) is 0 Å². The number of aromatic nitrogens is 1. The second kappa shape index (κ2) is 8.97. The number of hydrogen-bond acceptors (Lipinski definition) is 4. The smallest absolute Gasteiger partial charge is 0.137 e. The minimum atomic E-state index is -0.0517. The van der Waals surface area contributed by atoms with Crippen LogP contribution in [0, 0.1) is 6.92 Å². The maximum absolute atomic E-state index is 6.05. The van der Waals surface area contributed by atoms with Gasteiger partial charge in [0.05, 0.1) is 6.20 Å². The summed E-state index contributed by atoms with van der Waals surface area (Å²) < 4.78 is 5.63. The molecule has 0 saturated heterocycles. The van der Waals surface area contributed by atoms with Crippen molar-refractivity contribution in [2.75, 3.05) is 12.3 Å². The zero-order chi connectivity index (χ0) is 15.7. The zero-order valence-corrected chi connectivity index (χ0v) is 13.0. The van der Waals surface area contributed by atoms with E-state index in [1.165, 1.54) is 0 Å². The number of pyridine rings is 1. The summed E-state index contributed by atoms with van der Waals surface area (Å²) in [5, 5.41) is 0. The zero-order valence-electron chi connectivity index (χ0n) is 13.0. The van der Waals surface area contributed by atoms with Gasteiger partial charge < -0.3 is 16.2 Å². The Morgan fingerprint density at radius 3 is 2.43 bits per heavy atom. The highest BCUT2D eigenvalue weighted by Crippen LogP contribution is 2.11. The lowest BCUT2D eigenvalue weighted by Crippen LogP contribution is -2.30. The van der Waals surface area contributed by atoms with Gasteiger partial charge in [-0.3, -0.25) is 4.98 Å². The Bertz CT molecular complexity index is 526. The van der Waals surface area contributed by atoms with Gasteiger partial charge in [0.25, 0.3) is 0 Å². The lowest BCUT2D eigenvalue weighted by Gasteiger charge is -2.13. The number of aryl methyl sites for hydroxylation is 1. The average molecular weight is 287 g/mol. The predicted molar refractivity (Wildman–Crippen MR) is 88.4 cm³/mol. The van der Waals surface area contributed by atoms with Crippen molar-refractivity contribution in [2.24, 2.45) is 5.73 Å². The topological polar surface area (TPSA) is 74.2 Å². The lowest BCUT2D eigenvalue weighted by atomic mass is 10.1. The summed E-state index contributed by atoms with van der Waals surface area (Å²) in [6, 6.07) is 9.64. The molecule has 0 aliphatic heterocycles. The van der Waals surface area contributed by atoms with Crippen molar-refractivity contribution in [2.45, 2.75) is 33.2 Å². The van der Waals surface area contributed by atoms with Gasteiger partial charge in [0.15, 0.2) is 0 Å². The molecule has 1 aromatic heterocycles. The molecule has 1 unspecified atom stereocenters. The van der Waals surface area contributed by atoms with Crippen LogP contribution in [0.5, 0.6) is 5.75 Å². The fourth-order valence-electron chi connectivity index (χ4n) is 1.82. The molecule has 0 fully saturated rings. The van der Waals surface area contributed by atoms with Gasteiger partial charge in [-0.25, -0.2) is 0 Å². The van der Waals surface area contributed by atoms with Crippen LogP contribution >= 0.6 is 0 Å². The lowest BCUT2D eigenvalue weighted by molar-refractivity contribution is 0.286. The van der Waals surface area contributed by atoms with E-state index in [1.807, 2.05) is 51.1 Å².